The number of carbonyl (C=O) groups excluding carboxylic acids is 1. The molecule has 0 fully saturated rings. The summed E-state index contributed by atoms with van der Waals surface area (Å²) in [6, 6.07) is 2.58. The number of Topliss-reactive ketones (excluding diaryl/α,β-unsaturated/α-hetero) is 1. The van der Waals surface area contributed by atoms with Crippen molar-refractivity contribution < 1.29 is 13.9 Å². The van der Waals surface area contributed by atoms with Crippen molar-refractivity contribution in [3.05, 3.63) is 28.0 Å². The lowest BCUT2D eigenvalue weighted by molar-refractivity contribution is 0.102. The van der Waals surface area contributed by atoms with Crippen molar-refractivity contribution in [2.45, 2.75) is 0 Å². The summed E-state index contributed by atoms with van der Waals surface area (Å²) in [4.78, 5) is 11.2. The third-order valence-electron chi connectivity index (χ3n) is 1.65. The molecule has 0 radical (unpaired) electrons. The maximum atomic E-state index is 13.3. The quantitative estimate of drug-likeness (QED) is 0.629. The monoisotopic (exact) mass is 280 g/mol. The Bertz CT molecular complexity index is 345. The minimum absolute atomic E-state index is 0.0797. The Kier molecular flexibility index (Phi) is 3.89. The van der Waals surface area contributed by atoms with E-state index < -0.39 is 5.82 Å². The van der Waals surface area contributed by atoms with Crippen molar-refractivity contribution in [2.24, 2.45) is 0 Å². The smallest absolute Gasteiger partial charge is 0.177 e. The Morgan fingerprint density at radius 2 is 2.29 bits per heavy atom. The van der Waals surface area contributed by atoms with Crippen LogP contribution in [0.25, 0.3) is 0 Å². The second-order valence-electron chi connectivity index (χ2n) is 2.53. The normalized spacial score (nSPS) is 10.0. The first-order valence-corrected chi connectivity index (χ1v) is 5.05. The second kappa shape index (κ2) is 4.75. The molecule has 0 spiro atoms. The molecule has 0 aliphatic heterocycles. The summed E-state index contributed by atoms with van der Waals surface area (Å²) in [5, 5.41) is 0. The second-order valence-corrected chi connectivity index (χ2v) is 3.65. The van der Waals surface area contributed by atoms with Crippen LogP contribution in [0.1, 0.15) is 10.4 Å². The molecule has 76 valence electrons. The van der Waals surface area contributed by atoms with Crippen LogP contribution in [0.15, 0.2) is 16.6 Å². The molecule has 0 saturated heterocycles. The van der Waals surface area contributed by atoms with E-state index in [0.29, 0.717) is 4.47 Å². The third kappa shape index (κ3) is 2.25. The number of benzene rings is 1. The lowest BCUT2D eigenvalue weighted by atomic mass is 10.1. The average molecular weight is 282 g/mol. The Morgan fingerprint density at radius 3 is 2.71 bits per heavy atom. The fraction of sp³-hybridized carbons (Fsp3) is 0.222. The highest BCUT2D eigenvalue weighted by Gasteiger charge is 2.13. The Balaban J connectivity index is 3.20. The van der Waals surface area contributed by atoms with Crippen molar-refractivity contribution in [2.75, 3.05) is 13.0 Å². The molecule has 0 N–H and O–H groups in total. The molecule has 0 amide bonds. The van der Waals surface area contributed by atoms with Crippen LogP contribution in [0, 0.1) is 5.82 Å². The van der Waals surface area contributed by atoms with E-state index in [1.54, 1.807) is 0 Å². The van der Waals surface area contributed by atoms with Crippen LogP contribution in [0.3, 0.4) is 0 Å². The van der Waals surface area contributed by atoms with Gasteiger partial charge in [0.15, 0.2) is 17.3 Å². The average Bonchev–Trinajstić information content (AvgIpc) is 2.16. The number of ether oxygens (including phenoxy) is 1. The number of hydrogen-bond donors (Lipinski definition) is 0. The zero-order valence-corrected chi connectivity index (χ0v) is 9.65. The fourth-order valence-electron chi connectivity index (χ4n) is 0.993. The maximum absolute atomic E-state index is 13.3. The third-order valence-corrected chi connectivity index (χ3v) is 2.48. The van der Waals surface area contributed by atoms with Crippen molar-refractivity contribution >= 4 is 33.3 Å². The molecule has 0 aromatic heterocycles. The largest absolute Gasteiger partial charge is 0.492 e. The predicted molar refractivity (Wildman–Crippen MR) is 55.7 cm³/mol. The first kappa shape index (κ1) is 11.5. The number of hydrogen-bond acceptors (Lipinski definition) is 2. The van der Waals surface area contributed by atoms with E-state index in [1.165, 1.54) is 13.2 Å². The molecule has 1 rings (SSSR count). The van der Waals surface area contributed by atoms with Gasteiger partial charge in [-0.1, -0.05) is 0 Å². The molecule has 0 heterocycles. The zero-order chi connectivity index (χ0) is 10.7. The van der Waals surface area contributed by atoms with E-state index in [4.69, 9.17) is 16.3 Å². The minimum Gasteiger partial charge on any atom is -0.492 e. The summed E-state index contributed by atoms with van der Waals surface area (Å²) < 4.78 is 18.4. The highest BCUT2D eigenvalue weighted by molar-refractivity contribution is 9.10. The maximum Gasteiger partial charge on any atom is 0.177 e. The summed E-state index contributed by atoms with van der Waals surface area (Å²) in [5.74, 6) is -1.00. The van der Waals surface area contributed by atoms with Crippen molar-refractivity contribution in [3.63, 3.8) is 0 Å². The Hall–Kier alpha value is -0.610. The molecule has 1 aromatic rings. The van der Waals surface area contributed by atoms with Gasteiger partial charge in [0, 0.05) is 5.56 Å². The van der Waals surface area contributed by atoms with Crippen molar-refractivity contribution in [1.82, 2.24) is 0 Å². The number of ketones is 1. The van der Waals surface area contributed by atoms with Crippen LogP contribution in [0.4, 0.5) is 4.39 Å². The molecule has 0 aliphatic rings. The summed E-state index contributed by atoms with van der Waals surface area (Å²) in [7, 11) is 1.35. The molecule has 0 saturated carbocycles. The Morgan fingerprint density at radius 1 is 1.64 bits per heavy atom. The first-order valence-electron chi connectivity index (χ1n) is 3.72. The first-order chi connectivity index (χ1) is 6.60. The predicted octanol–water partition coefficient (Wildman–Crippen LogP) is 3.02. The van der Waals surface area contributed by atoms with E-state index in [0.717, 1.165) is 6.07 Å². The number of rotatable bonds is 3. The molecule has 14 heavy (non-hydrogen) atoms. The molecular formula is C9H7BrClFO2. The number of methoxy groups -OCH3 is 1. The minimum atomic E-state index is -0.588. The van der Waals surface area contributed by atoms with E-state index in [9.17, 15) is 9.18 Å². The van der Waals surface area contributed by atoms with Crippen LogP contribution >= 0.6 is 27.5 Å². The topological polar surface area (TPSA) is 26.3 Å². The SMILES string of the molecule is COc1c(F)cc(C(=O)CCl)cc1Br. The van der Waals surface area contributed by atoms with E-state index >= 15 is 0 Å². The number of halogens is 3. The van der Waals surface area contributed by atoms with Gasteiger partial charge in [-0.25, -0.2) is 4.39 Å². The molecule has 0 atom stereocenters. The molecule has 0 aliphatic carbocycles. The fourth-order valence-corrected chi connectivity index (χ4v) is 1.75. The van der Waals surface area contributed by atoms with Gasteiger partial charge in [-0.05, 0) is 28.1 Å². The van der Waals surface area contributed by atoms with Crippen molar-refractivity contribution in [3.8, 4) is 5.75 Å². The molecule has 0 unspecified atom stereocenters. The van der Waals surface area contributed by atoms with Crippen LogP contribution in [0.5, 0.6) is 5.75 Å². The standard InChI is InChI=1S/C9H7BrClFO2/c1-14-9-6(10)2-5(3-7(9)12)8(13)4-11/h2-3H,4H2,1H3. The van der Waals surface area contributed by atoms with Gasteiger partial charge < -0.3 is 4.74 Å². The lowest BCUT2D eigenvalue weighted by Gasteiger charge is -2.06. The zero-order valence-electron chi connectivity index (χ0n) is 7.31. The lowest BCUT2D eigenvalue weighted by Crippen LogP contribution is -2.02. The molecule has 0 bridgehead atoms. The van der Waals surface area contributed by atoms with E-state index in [1.807, 2.05) is 0 Å². The van der Waals surface area contributed by atoms with Crippen LogP contribution in [-0.2, 0) is 0 Å². The van der Waals surface area contributed by atoms with Gasteiger partial charge in [0.05, 0.1) is 17.5 Å². The van der Waals surface area contributed by atoms with Crippen LogP contribution in [0.2, 0.25) is 0 Å². The van der Waals surface area contributed by atoms with Gasteiger partial charge in [0.2, 0.25) is 0 Å². The Labute approximate surface area is 94.1 Å². The van der Waals surface area contributed by atoms with Gasteiger partial charge in [0.25, 0.3) is 0 Å². The van der Waals surface area contributed by atoms with E-state index in [-0.39, 0.29) is 23.0 Å². The number of alkyl halides is 1. The summed E-state index contributed by atoms with van der Waals surface area (Å²) >= 11 is 8.44. The molecule has 1 aromatic carbocycles. The highest BCUT2D eigenvalue weighted by Crippen LogP contribution is 2.29. The highest BCUT2D eigenvalue weighted by atomic mass is 79.9. The van der Waals surface area contributed by atoms with Gasteiger partial charge in [-0.2, -0.15) is 0 Å². The van der Waals surface area contributed by atoms with Gasteiger partial charge in [-0.3, -0.25) is 4.79 Å². The molecule has 5 heteroatoms. The molecule has 2 nitrogen and oxygen atoms in total. The van der Waals surface area contributed by atoms with E-state index in [2.05, 4.69) is 15.9 Å². The number of carbonyl (C=O) groups is 1. The summed E-state index contributed by atoms with van der Waals surface area (Å²) in [5.41, 5.74) is 0.227. The summed E-state index contributed by atoms with van der Waals surface area (Å²) in [6.45, 7) is 0. The van der Waals surface area contributed by atoms with Gasteiger partial charge in [-0.15, -0.1) is 11.6 Å². The van der Waals surface area contributed by atoms with Gasteiger partial charge >= 0.3 is 0 Å². The van der Waals surface area contributed by atoms with Gasteiger partial charge in [0.1, 0.15) is 0 Å². The molecular weight excluding hydrogens is 274 g/mol. The van der Waals surface area contributed by atoms with Crippen LogP contribution < -0.4 is 4.74 Å². The van der Waals surface area contributed by atoms with Crippen molar-refractivity contribution in [1.29, 1.82) is 0 Å². The van der Waals surface area contributed by atoms with Crippen LogP contribution in [-0.4, -0.2) is 18.8 Å². The summed E-state index contributed by atoms with van der Waals surface area (Å²) in [6.07, 6.45) is 0.